The average molecular weight is 401 g/mol. The predicted molar refractivity (Wildman–Crippen MR) is 107 cm³/mol. The summed E-state index contributed by atoms with van der Waals surface area (Å²) >= 11 is 8.97. The first-order valence-corrected chi connectivity index (χ1v) is 9.88. The second-order valence-corrected chi connectivity index (χ2v) is 7.95. The lowest BCUT2D eigenvalue weighted by Gasteiger charge is -2.04. The van der Waals surface area contributed by atoms with Crippen molar-refractivity contribution in [1.82, 2.24) is 10.3 Å². The summed E-state index contributed by atoms with van der Waals surface area (Å²) in [6.07, 6.45) is 0. The molecule has 7 heteroatoms. The number of carbonyl (C=O) groups excluding carboxylic acids is 1. The van der Waals surface area contributed by atoms with Crippen LogP contribution < -0.4 is 10.1 Å². The number of halogens is 1. The minimum absolute atomic E-state index is 0.106. The van der Waals surface area contributed by atoms with Crippen LogP contribution in [0.5, 0.6) is 10.8 Å². The normalized spacial score (nSPS) is 10.8. The maximum atomic E-state index is 12.4. The van der Waals surface area contributed by atoms with E-state index < -0.39 is 0 Å². The smallest absolute Gasteiger partial charge is 0.251 e. The molecule has 0 aliphatic heterocycles. The van der Waals surface area contributed by atoms with Crippen molar-refractivity contribution < 1.29 is 9.53 Å². The number of nitrogens with zero attached hydrogens (tertiary/aromatic N) is 1. The molecule has 0 unspecified atom stereocenters. The molecule has 2 aromatic carbocycles. The molecule has 4 nitrogen and oxygen atoms in total. The number of amides is 1. The minimum atomic E-state index is -0.106. The van der Waals surface area contributed by atoms with E-state index in [-0.39, 0.29) is 5.91 Å². The maximum absolute atomic E-state index is 12.4. The van der Waals surface area contributed by atoms with Gasteiger partial charge in [0.05, 0.1) is 22.3 Å². The first-order chi connectivity index (χ1) is 12.7. The molecule has 0 aliphatic rings. The Morgan fingerprint density at radius 1 is 1.15 bits per heavy atom. The topological polar surface area (TPSA) is 51.2 Å². The van der Waals surface area contributed by atoms with Crippen molar-refractivity contribution >= 4 is 50.4 Å². The quantitative estimate of drug-likeness (QED) is 0.465. The molecule has 0 saturated heterocycles. The number of nitrogens with one attached hydrogen (secondary N) is 1. The van der Waals surface area contributed by atoms with Gasteiger partial charge < -0.3 is 10.1 Å². The Kier molecular flexibility index (Phi) is 4.88. The summed E-state index contributed by atoms with van der Waals surface area (Å²) in [5, 5.41) is 4.32. The highest BCUT2D eigenvalue weighted by atomic mass is 35.5. The van der Waals surface area contributed by atoms with E-state index in [1.807, 2.05) is 36.4 Å². The van der Waals surface area contributed by atoms with Crippen molar-refractivity contribution in [3.8, 4) is 10.8 Å². The predicted octanol–water partition coefficient (Wildman–Crippen LogP) is 5.73. The van der Waals surface area contributed by atoms with Crippen molar-refractivity contribution in [2.75, 3.05) is 0 Å². The zero-order valence-electron chi connectivity index (χ0n) is 13.4. The van der Waals surface area contributed by atoms with E-state index in [9.17, 15) is 4.79 Å². The highest BCUT2D eigenvalue weighted by molar-refractivity contribution is 7.16. The molecule has 130 valence electrons. The van der Waals surface area contributed by atoms with E-state index in [1.165, 1.54) is 22.7 Å². The second kappa shape index (κ2) is 7.45. The number of carbonyl (C=O) groups is 1. The number of rotatable bonds is 5. The molecular weight excluding hydrogens is 388 g/mol. The third kappa shape index (κ3) is 3.88. The fourth-order valence-electron chi connectivity index (χ4n) is 2.42. The lowest BCUT2D eigenvalue weighted by Crippen LogP contribution is -2.22. The standard InChI is InChI=1S/C19H13ClN2O2S2/c20-13-2-1-3-14(9-13)24-18-7-5-15(26-18)10-21-19(23)12-4-6-16-17(8-12)25-11-22-16/h1-9,11H,10H2,(H,21,23). The third-order valence-corrected chi connectivity index (χ3v) is 5.66. The third-order valence-electron chi connectivity index (χ3n) is 3.67. The van der Waals surface area contributed by atoms with E-state index in [0.29, 0.717) is 22.9 Å². The number of hydrogen-bond acceptors (Lipinski definition) is 5. The highest BCUT2D eigenvalue weighted by Crippen LogP contribution is 2.30. The molecule has 2 aromatic heterocycles. The van der Waals surface area contributed by atoms with Gasteiger partial charge in [0.25, 0.3) is 5.91 Å². The molecule has 0 radical (unpaired) electrons. The zero-order chi connectivity index (χ0) is 17.9. The van der Waals surface area contributed by atoms with Crippen molar-refractivity contribution in [3.05, 3.63) is 75.6 Å². The Morgan fingerprint density at radius 2 is 2.08 bits per heavy atom. The Hall–Kier alpha value is -2.41. The first-order valence-electron chi connectivity index (χ1n) is 7.81. The number of aromatic nitrogens is 1. The summed E-state index contributed by atoms with van der Waals surface area (Å²) in [4.78, 5) is 17.6. The van der Waals surface area contributed by atoms with Crippen LogP contribution in [0, 0.1) is 0 Å². The molecular formula is C19H13ClN2O2S2. The summed E-state index contributed by atoms with van der Waals surface area (Å²) in [6, 6.07) is 16.6. The summed E-state index contributed by atoms with van der Waals surface area (Å²) in [6.45, 7) is 0.448. The van der Waals surface area contributed by atoms with Gasteiger partial charge in [-0.3, -0.25) is 4.79 Å². The molecule has 0 fully saturated rings. The van der Waals surface area contributed by atoms with Crippen molar-refractivity contribution in [1.29, 1.82) is 0 Å². The van der Waals surface area contributed by atoms with Gasteiger partial charge in [-0.2, -0.15) is 0 Å². The SMILES string of the molecule is O=C(NCc1ccc(Oc2cccc(Cl)c2)s1)c1ccc2ncsc2c1. The summed E-state index contributed by atoms with van der Waals surface area (Å²) in [5.41, 5.74) is 3.32. The van der Waals surface area contributed by atoms with Gasteiger partial charge in [0.2, 0.25) is 0 Å². The van der Waals surface area contributed by atoms with Crippen LogP contribution in [0.1, 0.15) is 15.2 Å². The fourth-order valence-corrected chi connectivity index (χ4v) is 4.13. The van der Waals surface area contributed by atoms with Gasteiger partial charge in [-0.05, 0) is 48.5 Å². The summed E-state index contributed by atoms with van der Waals surface area (Å²) in [5.74, 6) is 0.582. The highest BCUT2D eigenvalue weighted by Gasteiger charge is 2.09. The number of thiazole rings is 1. The monoisotopic (exact) mass is 400 g/mol. The van der Waals surface area contributed by atoms with E-state index in [1.54, 1.807) is 23.7 Å². The van der Waals surface area contributed by atoms with Crippen LogP contribution in [0.4, 0.5) is 0 Å². The molecule has 0 aliphatic carbocycles. The molecule has 26 heavy (non-hydrogen) atoms. The van der Waals surface area contributed by atoms with Gasteiger partial charge in [0.15, 0.2) is 5.06 Å². The lowest BCUT2D eigenvalue weighted by molar-refractivity contribution is 0.0951. The van der Waals surface area contributed by atoms with E-state index >= 15 is 0 Å². The lowest BCUT2D eigenvalue weighted by atomic mass is 10.2. The summed E-state index contributed by atoms with van der Waals surface area (Å²) in [7, 11) is 0. The van der Waals surface area contributed by atoms with Crippen LogP contribution in [-0.2, 0) is 6.54 Å². The van der Waals surface area contributed by atoms with Crippen molar-refractivity contribution in [2.45, 2.75) is 6.54 Å². The number of benzene rings is 2. The second-order valence-electron chi connectivity index (χ2n) is 5.50. The summed E-state index contributed by atoms with van der Waals surface area (Å²) < 4.78 is 6.79. The fraction of sp³-hybridized carbons (Fsp3) is 0.0526. The molecule has 4 aromatic rings. The van der Waals surface area contributed by atoms with Crippen LogP contribution >= 0.6 is 34.3 Å². The van der Waals surface area contributed by atoms with Gasteiger partial charge in [-0.25, -0.2) is 4.98 Å². The maximum Gasteiger partial charge on any atom is 0.251 e. The van der Waals surface area contributed by atoms with Gasteiger partial charge in [0.1, 0.15) is 5.75 Å². The zero-order valence-corrected chi connectivity index (χ0v) is 15.8. The number of hydrogen-bond donors (Lipinski definition) is 1. The van der Waals surface area contributed by atoms with Crippen LogP contribution in [0.2, 0.25) is 5.02 Å². The van der Waals surface area contributed by atoms with E-state index in [0.717, 1.165) is 20.2 Å². The largest absolute Gasteiger partial charge is 0.447 e. The molecule has 2 heterocycles. The van der Waals surface area contributed by atoms with Gasteiger partial charge >= 0.3 is 0 Å². The van der Waals surface area contributed by atoms with Gasteiger partial charge in [-0.15, -0.1) is 22.7 Å². The number of fused-ring (bicyclic) bond motifs is 1. The molecule has 1 N–H and O–H groups in total. The van der Waals surface area contributed by atoms with Crippen LogP contribution in [0.25, 0.3) is 10.2 Å². The van der Waals surface area contributed by atoms with Crippen molar-refractivity contribution in [2.24, 2.45) is 0 Å². The molecule has 0 spiro atoms. The molecule has 1 amide bonds. The van der Waals surface area contributed by atoms with Crippen LogP contribution in [0.15, 0.2) is 60.1 Å². The molecule has 0 saturated carbocycles. The first kappa shape index (κ1) is 17.0. The average Bonchev–Trinajstić information content (AvgIpc) is 3.28. The Balaban J connectivity index is 1.38. The molecule has 4 rings (SSSR count). The Bertz CT molecular complexity index is 1070. The van der Waals surface area contributed by atoms with Crippen LogP contribution in [0.3, 0.4) is 0 Å². The van der Waals surface area contributed by atoms with Crippen LogP contribution in [-0.4, -0.2) is 10.9 Å². The molecule has 0 bridgehead atoms. The van der Waals surface area contributed by atoms with Gasteiger partial charge in [-0.1, -0.05) is 17.7 Å². The van der Waals surface area contributed by atoms with Gasteiger partial charge in [0, 0.05) is 15.5 Å². The molecule has 0 atom stereocenters. The minimum Gasteiger partial charge on any atom is -0.447 e. The van der Waals surface area contributed by atoms with Crippen molar-refractivity contribution in [3.63, 3.8) is 0 Å². The van der Waals surface area contributed by atoms with E-state index in [4.69, 9.17) is 16.3 Å². The Labute approximate surface area is 163 Å². The Morgan fingerprint density at radius 3 is 2.96 bits per heavy atom. The number of thiophene rings is 1. The number of ether oxygens (including phenoxy) is 1. The van der Waals surface area contributed by atoms with E-state index in [2.05, 4.69) is 10.3 Å².